The smallest absolute Gasteiger partial charge is 0.229 e. The minimum atomic E-state index is -0.544. The van der Waals surface area contributed by atoms with E-state index in [9.17, 15) is 9.18 Å². The highest BCUT2D eigenvalue weighted by Gasteiger charge is 2.25. The minimum absolute atomic E-state index is 0.0990. The first-order valence-corrected chi connectivity index (χ1v) is 14.6. The lowest BCUT2D eigenvalue weighted by Crippen LogP contribution is -2.27. The van der Waals surface area contributed by atoms with Gasteiger partial charge in [0.15, 0.2) is 17.7 Å². The highest BCUT2D eigenvalue weighted by atomic mass is 19.1. The van der Waals surface area contributed by atoms with E-state index in [1.807, 2.05) is 43.7 Å². The van der Waals surface area contributed by atoms with E-state index in [4.69, 9.17) is 19.8 Å². The van der Waals surface area contributed by atoms with Crippen molar-refractivity contribution in [3.05, 3.63) is 73.2 Å². The van der Waals surface area contributed by atoms with Gasteiger partial charge in [0.05, 0.1) is 34.5 Å². The van der Waals surface area contributed by atoms with Crippen LogP contribution in [0.4, 0.5) is 10.1 Å². The summed E-state index contributed by atoms with van der Waals surface area (Å²) in [4.78, 5) is 34.5. The van der Waals surface area contributed by atoms with Crippen LogP contribution in [0, 0.1) is 11.2 Å². The molecule has 0 saturated carbocycles. The maximum atomic E-state index is 14.1. The molecule has 7 rings (SSSR count). The van der Waals surface area contributed by atoms with Gasteiger partial charge in [0.1, 0.15) is 11.5 Å². The molecule has 5 aromatic heterocycles. The van der Waals surface area contributed by atoms with E-state index in [1.165, 1.54) is 12.1 Å². The number of nitrogens with zero attached hydrogens (tertiary/aromatic N) is 6. The normalized spacial score (nSPS) is 15.6. The number of aromatic amines is 1. The Balaban J connectivity index is 1.36. The van der Waals surface area contributed by atoms with Crippen molar-refractivity contribution in [3.8, 4) is 33.8 Å². The Labute approximate surface area is 252 Å². The third-order valence-electron chi connectivity index (χ3n) is 7.74. The monoisotopic (exact) mass is 590 g/mol. The summed E-state index contributed by atoms with van der Waals surface area (Å²) in [5, 5.41) is 8.73. The van der Waals surface area contributed by atoms with E-state index in [-0.39, 0.29) is 18.0 Å². The van der Waals surface area contributed by atoms with Crippen molar-refractivity contribution in [1.82, 2.24) is 34.7 Å². The Bertz CT molecular complexity index is 2020. The average molecular weight is 591 g/mol. The fourth-order valence-electron chi connectivity index (χ4n) is 5.37. The first kappa shape index (κ1) is 27.8. The number of nitrogens with one attached hydrogen (secondary N) is 2. The summed E-state index contributed by atoms with van der Waals surface area (Å²) in [7, 11) is 0. The summed E-state index contributed by atoms with van der Waals surface area (Å²) in [5.74, 6) is 0.106. The number of pyridine rings is 3. The molecule has 0 spiro atoms. The van der Waals surface area contributed by atoms with Gasteiger partial charge in [0.25, 0.3) is 0 Å². The van der Waals surface area contributed by atoms with Crippen molar-refractivity contribution in [1.29, 1.82) is 0 Å². The highest BCUT2D eigenvalue weighted by Crippen LogP contribution is 2.36. The second-order valence-corrected chi connectivity index (χ2v) is 12.1. The number of imidazole rings is 1. The number of hydrogen-bond acceptors (Lipinski definition) is 7. The molecule has 1 saturated heterocycles. The third-order valence-corrected chi connectivity index (χ3v) is 7.74. The molecule has 1 aliphatic heterocycles. The van der Waals surface area contributed by atoms with Gasteiger partial charge in [0.2, 0.25) is 5.91 Å². The molecule has 6 aromatic rings. The summed E-state index contributed by atoms with van der Waals surface area (Å²) in [6.45, 7) is 6.25. The van der Waals surface area contributed by atoms with Crippen molar-refractivity contribution in [2.45, 2.75) is 46.3 Å². The molecule has 11 heteroatoms. The molecule has 1 fully saturated rings. The number of hydrogen-bond donors (Lipinski definition) is 2. The van der Waals surface area contributed by atoms with Gasteiger partial charge in [-0.05, 0) is 49.1 Å². The number of H-pyrrole nitrogens is 1. The van der Waals surface area contributed by atoms with Crippen LogP contribution < -0.4 is 5.32 Å². The van der Waals surface area contributed by atoms with Crippen LogP contribution in [0.1, 0.15) is 46.3 Å². The molecule has 1 amide bonds. The Hall–Kier alpha value is -5.03. The first-order chi connectivity index (χ1) is 21.2. The maximum absolute atomic E-state index is 14.1. The molecule has 1 aromatic carbocycles. The molecule has 0 aliphatic carbocycles. The predicted molar refractivity (Wildman–Crippen MR) is 166 cm³/mol. The minimum Gasteiger partial charge on any atom is -0.356 e. The number of fused-ring (bicyclic) bond motifs is 2. The number of benzene rings is 1. The Morgan fingerprint density at radius 1 is 1.02 bits per heavy atom. The van der Waals surface area contributed by atoms with E-state index in [2.05, 4.69) is 20.3 Å². The van der Waals surface area contributed by atoms with Crippen LogP contribution in [0.15, 0.2) is 67.4 Å². The van der Waals surface area contributed by atoms with Gasteiger partial charge in [-0.15, -0.1) is 0 Å². The van der Waals surface area contributed by atoms with E-state index < -0.39 is 5.41 Å². The van der Waals surface area contributed by atoms with Crippen molar-refractivity contribution in [3.63, 3.8) is 0 Å². The van der Waals surface area contributed by atoms with Crippen molar-refractivity contribution < 1.29 is 13.9 Å². The predicted octanol–water partition coefficient (Wildman–Crippen LogP) is 6.92. The van der Waals surface area contributed by atoms with Crippen LogP contribution in [0.5, 0.6) is 0 Å². The fourth-order valence-corrected chi connectivity index (χ4v) is 5.37. The maximum Gasteiger partial charge on any atom is 0.229 e. The molecule has 2 N–H and O–H groups in total. The van der Waals surface area contributed by atoms with E-state index in [0.717, 1.165) is 35.8 Å². The zero-order chi connectivity index (χ0) is 30.4. The van der Waals surface area contributed by atoms with Crippen LogP contribution in [0.2, 0.25) is 0 Å². The highest BCUT2D eigenvalue weighted by molar-refractivity contribution is 5.98. The van der Waals surface area contributed by atoms with Gasteiger partial charge in [-0.3, -0.25) is 14.8 Å². The van der Waals surface area contributed by atoms with Crippen molar-refractivity contribution in [2.24, 2.45) is 5.41 Å². The summed E-state index contributed by atoms with van der Waals surface area (Å²) >= 11 is 0. The standard InChI is InChI=1S/C33H31FN8O2/c1-33(2,3)32(43)38-23-12-20(14-35-16-23)21-13-24-29(41-42(31(24)37-15-21)27-9-4-5-10-44-27)30-39-26-18-36-17-25(28(26)40-30)19-7-6-8-22(34)11-19/h6-8,11-18,27H,4-5,9-10H2,1-3H3,(H,38,43)(H,39,40). The number of amides is 1. The molecule has 1 unspecified atom stereocenters. The molecule has 1 atom stereocenters. The molecule has 6 heterocycles. The summed E-state index contributed by atoms with van der Waals surface area (Å²) in [6, 6.07) is 10.3. The van der Waals surface area contributed by atoms with Crippen molar-refractivity contribution >= 4 is 33.7 Å². The number of carbonyl (C=O) groups is 1. The lowest BCUT2D eigenvalue weighted by molar-refractivity contribution is -0.123. The molecule has 0 radical (unpaired) electrons. The SMILES string of the molecule is CC(C)(C)C(=O)Nc1cncc(-c2cnc3c(c2)c(-c2nc4c(-c5cccc(F)c5)cncc4[nH]2)nn3C2CCCCO2)c1. The summed E-state index contributed by atoms with van der Waals surface area (Å²) < 4.78 is 22.0. The summed E-state index contributed by atoms with van der Waals surface area (Å²) in [5.41, 5.74) is 5.69. The van der Waals surface area contributed by atoms with Gasteiger partial charge < -0.3 is 15.0 Å². The molecule has 10 nitrogen and oxygen atoms in total. The zero-order valence-electron chi connectivity index (χ0n) is 24.6. The van der Waals surface area contributed by atoms with Crippen LogP contribution >= 0.6 is 0 Å². The zero-order valence-corrected chi connectivity index (χ0v) is 24.6. The van der Waals surface area contributed by atoms with Crippen LogP contribution in [-0.2, 0) is 9.53 Å². The number of anilines is 1. The molecule has 44 heavy (non-hydrogen) atoms. The Kier molecular flexibility index (Phi) is 6.89. The van der Waals surface area contributed by atoms with Crippen LogP contribution in [-0.4, -0.2) is 47.2 Å². The second kappa shape index (κ2) is 10.9. The molecule has 222 valence electrons. The van der Waals surface area contributed by atoms with E-state index >= 15 is 0 Å². The fraction of sp³-hybridized carbons (Fsp3) is 0.273. The van der Waals surface area contributed by atoms with E-state index in [0.29, 0.717) is 51.6 Å². The molecular formula is C33H31FN8O2. The van der Waals surface area contributed by atoms with Crippen molar-refractivity contribution in [2.75, 3.05) is 11.9 Å². The van der Waals surface area contributed by atoms with Crippen LogP contribution in [0.3, 0.4) is 0 Å². The molecule has 0 bridgehead atoms. The van der Waals surface area contributed by atoms with Gasteiger partial charge in [0, 0.05) is 47.3 Å². The Morgan fingerprint density at radius 2 is 1.86 bits per heavy atom. The topological polar surface area (TPSA) is 124 Å². The first-order valence-electron chi connectivity index (χ1n) is 14.6. The van der Waals surface area contributed by atoms with Gasteiger partial charge >= 0.3 is 0 Å². The number of rotatable bonds is 5. The van der Waals surface area contributed by atoms with Gasteiger partial charge in [-0.1, -0.05) is 32.9 Å². The summed E-state index contributed by atoms with van der Waals surface area (Å²) in [6.07, 6.45) is 11.2. The van der Waals surface area contributed by atoms with Gasteiger partial charge in [-0.25, -0.2) is 19.0 Å². The quantitative estimate of drug-likeness (QED) is 0.223. The number of aromatic nitrogens is 7. The Morgan fingerprint density at radius 3 is 2.66 bits per heavy atom. The van der Waals surface area contributed by atoms with Gasteiger partial charge in [-0.2, -0.15) is 5.10 Å². The third kappa shape index (κ3) is 5.19. The second-order valence-electron chi connectivity index (χ2n) is 12.1. The lowest BCUT2D eigenvalue weighted by atomic mass is 9.95. The number of ether oxygens (including phenoxy) is 1. The largest absolute Gasteiger partial charge is 0.356 e. The lowest BCUT2D eigenvalue weighted by Gasteiger charge is -2.23. The average Bonchev–Trinajstić information content (AvgIpc) is 3.63. The molecular weight excluding hydrogens is 559 g/mol. The van der Waals surface area contributed by atoms with Crippen LogP contribution in [0.25, 0.3) is 55.8 Å². The van der Waals surface area contributed by atoms with E-state index in [1.54, 1.807) is 37.1 Å². The number of halogens is 1. The number of carbonyl (C=O) groups excluding carboxylic acids is 1. The molecule has 1 aliphatic rings.